The molecule has 0 radical (unpaired) electrons. The molecule has 0 bridgehead atoms. The summed E-state index contributed by atoms with van der Waals surface area (Å²) in [5, 5.41) is 0. The van der Waals surface area contributed by atoms with E-state index < -0.39 is 5.97 Å². The lowest BCUT2D eigenvalue weighted by Crippen LogP contribution is -2.10. The van der Waals surface area contributed by atoms with E-state index in [1.807, 2.05) is 13.0 Å². The second-order valence-electron chi connectivity index (χ2n) is 3.78. The van der Waals surface area contributed by atoms with E-state index in [4.69, 9.17) is 0 Å². The molecule has 0 N–H and O–H groups in total. The summed E-state index contributed by atoms with van der Waals surface area (Å²) in [6.07, 6.45) is 0. The number of ether oxygens (including phenoxy) is 1. The van der Waals surface area contributed by atoms with Crippen LogP contribution in [0.1, 0.15) is 30.5 Å². The quantitative estimate of drug-likeness (QED) is 0.629. The maximum Gasteiger partial charge on any atom is 0.338 e. The Kier molecular flexibility index (Phi) is 3.58. The fraction of sp³-hybridized carbons (Fsp3) is 0.143. The van der Waals surface area contributed by atoms with Gasteiger partial charge in [0.2, 0.25) is 5.78 Å². The summed E-state index contributed by atoms with van der Waals surface area (Å²) >= 11 is 1.42. The fourth-order valence-corrected chi connectivity index (χ4v) is 2.48. The number of carbonyl (C=O) groups excluding carboxylic acids is 2. The summed E-state index contributed by atoms with van der Waals surface area (Å²) in [7, 11) is 1.30. The SMILES string of the molecule is COC(=O)c1ccccc1C(=O)c1ccc(C)s1. The number of rotatable bonds is 3. The molecule has 0 spiro atoms. The van der Waals surface area contributed by atoms with Crippen LogP contribution in [0.5, 0.6) is 0 Å². The zero-order chi connectivity index (χ0) is 13.1. The molecule has 0 saturated carbocycles. The molecule has 0 amide bonds. The molecule has 0 aliphatic rings. The highest BCUT2D eigenvalue weighted by atomic mass is 32.1. The lowest BCUT2D eigenvalue weighted by atomic mass is 10.0. The third kappa shape index (κ3) is 2.33. The molecule has 1 aromatic carbocycles. The molecule has 2 rings (SSSR count). The number of aryl methyl sites for hydroxylation is 1. The average molecular weight is 260 g/mol. The molecular formula is C14H12O3S. The van der Waals surface area contributed by atoms with E-state index in [1.165, 1.54) is 18.4 Å². The molecular weight excluding hydrogens is 248 g/mol. The molecule has 18 heavy (non-hydrogen) atoms. The van der Waals surface area contributed by atoms with Crippen molar-refractivity contribution in [3.63, 3.8) is 0 Å². The number of ketones is 1. The Morgan fingerprint density at radius 2 is 1.72 bits per heavy atom. The number of hydrogen-bond acceptors (Lipinski definition) is 4. The molecule has 0 fully saturated rings. The lowest BCUT2D eigenvalue weighted by molar-refractivity contribution is 0.0597. The minimum Gasteiger partial charge on any atom is -0.465 e. The monoisotopic (exact) mass is 260 g/mol. The van der Waals surface area contributed by atoms with Crippen molar-refractivity contribution in [1.82, 2.24) is 0 Å². The van der Waals surface area contributed by atoms with E-state index in [-0.39, 0.29) is 5.78 Å². The molecule has 1 aromatic heterocycles. The smallest absolute Gasteiger partial charge is 0.338 e. The Morgan fingerprint density at radius 3 is 2.28 bits per heavy atom. The first-order chi connectivity index (χ1) is 8.63. The summed E-state index contributed by atoms with van der Waals surface area (Å²) < 4.78 is 4.68. The normalized spacial score (nSPS) is 10.1. The average Bonchev–Trinajstić information content (AvgIpc) is 2.83. The number of esters is 1. The summed E-state index contributed by atoms with van der Waals surface area (Å²) in [4.78, 5) is 25.6. The van der Waals surface area contributed by atoms with Gasteiger partial charge in [0.05, 0.1) is 17.6 Å². The molecule has 1 heterocycles. The zero-order valence-electron chi connectivity index (χ0n) is 10.1. The van der Waals surface area contributed by atoms with Crippen molar-refractivity contribution in [2.24, 2.45) is 0 Å². The Balaban J connectivity index is 2.45. The van der Waals surface area contributed by atoms with Gasteiger partial charge in [-0.25, -0.2) is 4.79 Å². The third-order valence-corrected chi connectivity index (χ3v) is 3.54. The summed E-state index contributed by atoms with van der Waals surface area (Å²) in [5.41, 5.74) is 0.683. The molecule has 0 saturated heterocycles. The van der Waals surface area contributed by atoms with Crippen LogP contribution in [0.25, 0.3) is 0 Å². The minimum atomic E-state index is -0.493. The maximum absolute atomic E-state index is 12.3. The van der Waals surface area contributed by atoms with Gasteiger partial charge in [0.15, 0.2) is 0 Å². The first-order valence-corrected chi connectivity index (χ1v) is 6.23. The Hall–Kier alpha value is -1.94. The molecule has 0 atom stereocenters. The van der Waals surface area contributed by atoms with Crippen molar-refractivity contribution in [3.8, 4) is 0 Å². The van der Waals surface area contributed by atoms with Crippen LogP contribution in [0.3, 0.4) is 0 Å². The predicted molar refractivity (Wildman–Crippen MR) is 70.3 cm³/mol. The fourth-order valence-electron chi connectivity index (χ4n) is 1.66. The van der Waals surface area contributed by atoms with E-state index in [9.17, 15) is 9.59 Å². The van der Waals surface area contributed by atoms with Gasteiger partial charge in [-0.05, 0) is 25.1 Å². The van der Waals surface area contributed by atoms with Gasteiger partial charge in [0, 0.05) is 10.4 Å². The molecule has 0 unspecified atom stereocenters. The first-order valence-electron chi connectivity index (χ1n) is 5.42. The van der Waals surface area contributed by atoms with Crippen molar-refractivity contribution >= 4 is 23.1 Å². The molecule has 3 nitrogen and oxygen atoms in total. The summed E-state index contributed by atoms with van der Waals surface area (Å²) in [6.45, 7) is 1.94. The zero-order valence-corrected chi connectivity index (χ0v) is 10.9. The van der Waals surface area contributed by atoms with Crippen molar-refractivity contribution in [2.75, 3.05) is 7.11 Å². The number of thiophene rings is 1. The van der Waals surface area contributed by atoms with Crippen LogP contribution in [0.15, 0.2) is 36.4 Å². The van der Waals surface area contributed by atoms with Crippen LogP contribution in [0.4, 0.5) is 0 Å². The molecule has 4 heteroatoms. The second kappa shape index (κ2) is 5.14. The Bertz CT molecular complexity index is 599. The summed E-state index contributed by atoms with van der Waals surface area (Å²) in [5.74, 6) is -0.638. The minimum absolute atomic E-state index is 0.144. The predicted octanol–water partition coefficient (Wildman–Crippen LogP) is 3.07. The van der Waals surface area contributed by atoms with Gasteiger partial charge in [-0.15, -0.1) is 11.3 Å². The Labute approximate surface area is 109 Å². The van der Waals surface area contributed by atoms with Crippen LogP contribution >= 0.6 is 11.3 Å². The van der Waals surface area contributed by atoms with E-state index in [0.29, 0.717) is 16.0 Å². The Morgan fingerprint density at radius 1 is 1.06 bits per heavy atom. The van der Waals surface area contributed by atoms with Crippen molar-refractivity contribution < 1.29 is 14.3 Å². The topological polar surface area (TPSA) is 43.4 Å². The van der Waals surface area contributed by atoms with Gasteiger partial charge in [0.25, 0.3) is 0 Å². The highest BCUT2D eigenvalue weighted by molar-refractivity contribution is 7.14. The van der Waals surface area contributed by atoms with Crippen molar-refractivity contribution in [3.05, 3.63) is 57.3 Å². The van der Waals surface area contributed by atoms with Crippen molar-refractivity contribution in [2.45, 2.75) is 6.92 Å². The van der Waals surface area contributed by atoms with E-state index in [1.54, 1.807) is 30.3 Å². The van der Waals surface area contributed by atoms with Gasteiger partial charge in [-0.1, -0.05) is 18.2 Å². The lowest BCUT2D eigenvalue weighted by Gasteiger charge is -2.05. The molecule has 92 valence electrons. The maximum atomic E-state index is 12.3. The van der Waals surface area contributed by atoms with Gasteiger partial charge in [-0.2, -0.15) is 0 Å². The van der Waals surface area contributed by atoms with Crippen LogP contribution in [0.2, 0.25) is 0 Å². The number of carbonyl (C=O) groups is 2. The van der Waals surface area contributed by atoms with E-state index in [2.05, 4.69) is 4.74 Å². The highest BCUT2D eigenvalue weighted by Gasteiger charge is 2.19. The van der Waals surface area contributed by atoms with Gasteiger partial charge in [-0.3, -0.25) is 4.79 Å². The van der Waals surface area contributed by atoms with Crippen LogP contribution in [-0.2, 0) is 4.74 Å². The van der Waals surface area contributed by atoms with Crippen LogP contribution in [0, 0.1) is 6.92 Å². The third-order valence-electron chi connectivity index (χ3n) is 2.54. The number of methoxy groups -OCH3 is 1. The largest absolute Gasteiger partial charge is 0.465 e. The van der Waals surface area contributed by atoms with Crippen molar-refractivity contribution in [1.29, 1.82) is 0 Å². The summed E-state index contributed by atoms with van der Waals surface area (Å²) in [6, 6.07) is 10.3. The molecule has 0 aliphatic heterocycles. The van der Waals surface area contributed by atoms with E-state index >= 15 is 0 Å². The van der Waals surface area contributed by atoms with Gasteiger partial charge < -0.3 is 4.74 Å². The van der Waals surface area contributed by atoms with Gasteiger partial charge in [0.1, 0.15) is 0 Å². The molecule has 0 aliphatic carbocycles. The number of benzene rings is 1. The first kappa shape index (κ1) is 12.5. The molecule has 2 aromatic rings. The number of hydrogen-bond donors (Lipinski definition) is 0. The van der Waals surface area contributed by atoms with Gasteiger partial charge >= 0.3 is 5.97 Å². The highest BCUT2D eigenvalue weighted by Crippen LogP contribution is 2.21. The van der Waals surface area contributed by atoms with Crippen LogP contribution in [-0.4, -0.2) is 18.9 Å². The standard InChI is InChI=1S/C14H12O3S/c1-9-7-8-12(18-9)13(15)10-5-3-4-6-11(10)14(16)17-2/h3-8H,1-2H3. The van der Waals surface area contributed by atoms with Crippen LogP contribution < -0.4 is 0 Å². The second-order valence-corrected chi connectivity index (χ2v) is 5.06. The van der Waals surface area contributed by atoms with E-state index in [0.717, 1.165) is 4.88 Å².